The van der Waals surface area contributed by atoms with Crippen LogP contribution in [0.3, 0.4) is 0 Å². The topological polar surface area (TPSA) is 49.4 Å². The lowest BCUT2D eigenvalue weighted by molar-refractivity contribution is -0.142. The summed E-state index contributed by atoms with van der Waals surface area (Å²) in [5, 5.41) is 3.32. The summed E-state index contributed by atoms with van der Waals surface area (Å²) in [5.41, 5.74) is 0. The van der Waals surface area contributed by atoms with Gasteiger partial charge in [-0.05, 0) is 38.8 Å². The van der Waals surface area contributed by atoms with Gasteiger partial charge in [0, 0.05) is 18.9 Å². The molecule has 0 bridgehead atoms. The van der Waals surface area contributed by atoms with E-state index in [1.54, 1.807) is 0 Å². The number of piperidine rings is 1. The maximum Gasteiger partial charge on any atom is 0.229 e. The quantitative estimate of drug-likeness (QED) is 0.676. The van der Waals surface area contributed by atoms with Crippen LogP contribution in [0.25, 0.3) is 0 Å². The lowest BCUT2D eigenvalue weighted by Gasteiger charge is -2.33. The van der Waals surface area contributed by atoms with Crippen LogP contribution >= 0.6 is 0 Å². The van der Waals surface area contributed by atoms with Crippen LogP contribution in [0.2, 0.25) is 0 Å². The number of hydrogen-bond acceptors (Lipinski definition) is 3. The zero-order valence-corrected chi connectivity index (χ0v) is 9.16. The molecule has 0 radical (unpaired) electrons. The van der Waals surface area contributed by atoms with Crippen molar-refractivity contribution in [1.29, 1.82) is 0 Å². The summed E-state index contributed by atoms with van der Waals surface area (Å²) >= 11 is 0. The molecule has 0 aromatic rings. The first kappa shape index (κ1) is 10.6. The van der Waals surface area contributed by atoms with Crippen LogP contribution < -0.4 is 5.32 Å². The maximum atomic E-state index is 11.6. The lowest BCUT2D eigenvalue weighted by Crippen LogP contribution is -2.47. The van der Waals surface area contributed by atoms with Gasteiger partial charge in [-0.2, -0.15) is 0 Å². The van der Waals surface area contributed by atoms with Crippen LogP contribution in [0.4, 0.5) is 0 Å². The fraction of sp³-hybridized carbons (Fsp3) is 0.818. The molecule has 0 aromatic heterocycles. The minimum absolute atomic E-state index is 0.0121. The summed E-state index contributed by atoms with van der Waals surface area (Å²) in [6.07, 6.45) is 3.07. The van der Waals surface area contributed by atoms with Gasteiger partial charge in [0.25, 0.3) is 0 Å². The molecule has 0 aromatic carbocycles. The third-order valence-corrected chi connectivity index (χ3v) is 3.51. The molecular weight excluding hydrogens is 192 g/mol. The highest BCUT2D eigenvalue weighted by atomic mass is 16.2. The summed E-state index contributed by atoms with van der Waals surface area (Å²) in [4.78, 5) is 24.6. The largest absolute Gasteiger partial charge is 0.316 e. The molecule has 0 saturated carbocycles. The van der Waals surface area contributed by atoms with Crippen LogP contribution in [-0.4, -0.2) is 35.8 Å². The van der Waals surface area contributed by atoms with Crippen molar-refractivity contribution in [3.63, 3.8) is 0 Å². The van der Waals surface area contributed by atoms with Crippen molar-refractivity contribution < 1.29 is 9.59 Å². The van der Waals surface area contributed by atoms with Gasteiger partial charge in [-0.1, -0.05) is 0 Å². The zero-order valence-electron chi connectivity index (χ0n) is 9.16. The Hall–Kier alpha value is -0.900. The van der Waals surface area contributed by atoms with Crippen molar-refractivity contribution in [3.05, 3.63) is 0 Å². The van der Waals surface area contributed by atoms with E-state index in [1.165, 1.54) is 4.90 Å². The fourth-order valence-electron chi connectivity index (χ4n) is 2.55. The van der Waals surface area contributed by atoms with E-state index in [4.69, 9.17) is 0 Å². The highest BCUT2D eigenvalue weighted by molar-refractivity contribution is 6.02. The van der Waals surface area contributed by atoms with Crippen LogP contribution in [0.5, 0.6) is 0 Å². The fourth-order valence-corrected chi connectivity index (χ4v) is 2.55. The van der Waals surface area contributed by atoms with Crippen molar-refractivity contribution in [1.82, 2.24) is 10.2 Å². The summed E-state index contributed by atoms with van der Waals surface area (Å²) in [7, 11) is 0. The number of carbonyl (C=O) groups excluding carboxylic acids is 2. The van der Waals surface area contributed by atoms with E-state index in [2.05, 4.69) is 5.32 Å². The van der Waals surface area contributed by atoms with Crippen LogP contribution in [0.15, 0.2) is 0 Å². The molecule has 0 spiro atoms. The lowest BCUT2D eigenvalue weighted by atomic mass is 9.92. The predicted octanol–water partition coefficient (Wildman–Crippen LogP) is 0.523. The van der Waals surface area contributed by atoms with Crippen molar-refractivity contribution in [3.8, 4) is 0 Å². The second-order valence-corrected chi connectivity index (χ2v) is 4.50. The third kappa shape index (κ3) is 2.04. The molecular formula is C11H18N2O2. The van der Waals surface area contributed by atoms with E-state index in [-0.39, 0.29) is 17.9 Å². The predicted molar refractivity (Wildman–Crippen MR) is 56.1 cm³/mol. The molecule has 2 fully saturated rings. The number of nitrogens with one attached hydrogen (secondary N) is 1. The smallest absolute Gasteiger partial charge is 0.229 e. The van der Waals surface area contributed by atoms with E-state index < -0.39 is 0 Å². The summed E-state index contributed by atoms with van der Waals surface area (Å²) in [6.45, 7) is 3.99. The van der Waals surface area contributed by atoms with Crippen molar-refractivity contribution in [2.75, 3.05) is 13.1 Å². The van der Waals surface area contributed by atoms with E-state index >= 15 is 0 Å². The first-order valence-corrected chi connectivity index (χ1v) is 5.76. The zero-order chi connectivity index (χ0) is 10.8. The van der Waals surface area contributed by atoms with Gasteiger partial charge in [0.1, 0.15) is 0 Å². The number of carbonyl (C=O) groups is 2. The number of imide groups is 1. The molecule has 2 saturated heterocycles. The van der Waals surface area contributed by atoms with Crippen molar-refractivity contribution in [2.45, 2.75) is 38.6 Å². The molecule has 2 rings (SSSR count). The second kappa shape index (κ2) is 4.31. The molecule has 1 N–H and O–H groups in total. The average Bonchev–Trinajstić information content (AvgIpc) is 2.59. The number of hydrogen-bond donors (Lipinski definition) is 1. The summed E-state index contributed by atoms with van der Waals surface area (Å²) in [6, 6.07) is 0.0697. The number of nitrogens with zero attached hydrogens (tertiary/aromatic N) is 1. The van der Waals surface area contributed by atoms with Crippen LogP contribution in [0.1, 0.15) is 32.6 Å². The molecule has 2 unspecified atom stereocenters. The highest BCUT2D eigenvalue weighted by Crippen LogP contribution is 2.24. The summed E-state index contributed by atoms with van der Waals surface area (Å²) < 4.78 is 0. The SMILES string of the molecule is CC(C1CCCNC1)N1C(=O)CCC1=O. The summed E-state index contributed by atoms with van der Waals surface area (Å²) in [5.74, 6) is 0.459. The Morgan fingerprint density at radius 1 is 1.33 bits per heavy atom. The van der Waals surface area contributed by atoms with E-state index in [0.29, 0.717) is 18.8 Å². The number of likely N-dealkylation sites (tertiary alicyclic amines) is 1. The van der Waals surface area contributed by atoms with Crippen molar-refractivity contribution >= 4 is 11.8 Å². The Bertz CT molecular complexity index is 256. The Morgan fingerprint density at radius 2 is 2.00 bits per heavy atom. The Morgan fingerprint density at radius 3 is 2.53 bits per heavy atom. The van der Waals surface area contributed by atoms with Crippen LogP contribution in [0, 0.1) is 5.92 Å². The monoisotopic (exact) mass is 210 g/mol. The van der Waals surface area contributed by atoms with Gasteiger partial charge in [0.2, 0.25) is 11.8 Å². The normalized spacial score (nSPS) is 29.7. The van der Waals surface area contributed by atoms with E-state index in [1.807, 2.05) is 6.92 Å². The molecule has 2 aliphatic rings. The number of rotatable bonds is 2. The Labute approximate surface area is 90.0 Å². The van der Waals surface area contributed by atoms with E-state index in [9.17, 15) is 9.59 Å². The molecule has 2 amide bonds. The molecule has 4 nitrogen and oxygen atoms in total. The number of amides is 2. The van der Waals surface area contributed by atoms with Gasteiger partial charge in [-0.25, -0.2) is 0 Å². The van der Waals surface area contributed by atoms with Gasteiger partial charge >= 0.3 is 0 Å². The minimum Gasteiger partial charge on any atom is -0.316 e. The third-order valence-electron chi connectivity index (χ3n) is 3.51. The van der Waals surface area contributed by atoms with Gasteiger partial charge in [-0.3, -0.25) is 14.5 Å². The average molecular weight is 210 g/mol. The van der Waals surface area contributed by atoms with Gasteiger partial charge in [0.15, 0.2) is 0 Å². The van der Waals surface area contributed by atoms with Crippen molar-refractivity contribution in [2.24, 2.45) is 5.92 Å². The Kier molecular flexibility index (Phi) is 3.05. The van der Waals surface area contributed by atoms with Gasteiger partial charge in [-0.15, -0.1) is 0 Å². The molecule has 0 aliphatic carbocycles. The standard InChI is InChI=1S/C11H18N2O2/c1-8(9-3-2-6-12-7-9)13-10(14)4-5-11(13)15/h8-9,12H,2-7H2,1H3. The molecule has 15 heavy (non-hydrogen) atoms. The highest BCUT2D eigenvalue weighted by Gasteiger charge is 2.36. The molecule has 2 aliphatic heterocycles. The Balaban J connectivity index is 2.02. The molecule has 84 valence electrons. The minimum atomic E-state index is 0.0121. The second-order valence-electron chi connectivity index (χ2n) is 4.50. The molecule has 2 atom stereocenters. The first-order chi connectivity index (χ1) is 7.20. The first-order valence-electron chi connectivity index (χ1n) is 5.76. The van der Waals surface area contributed by atoms with Crippen LogP contribution in [-0.2, 0) is 9.59 Å². The van der Waals surface area contributed by atoms with Gasteiger partial charge < -0.3 is 5.32 Å². The van der Waals surface area contributed by atoms with Gasteiger partial charge in [0.05, 0.1) is 0 Å². The molecule has 2 heterocycles. The van der Waals surface area contributed by atoms with E-state index in [0.717, 1.165) is 25.9 Å². The maximum absolute atomic E-state index is 11.6. The molecule has 4 heteroatoms.